The van der Waals surface area contributed by atoms with Crippen molar-refractivity contribution in [3.63, 3.8) is 0 Å². The van der Waals surface area contributed by atoms with E-state index in [1.54, 1.807) is 23.1 Å². The van der Waals surface area contributed by atoms with Crippen molar-refractivity contribution in [2.75, 3.05) is 0 Å². The van der Waals surface area contributed by atoms with Gasteiger partial charge < -0.3 is 0 Å². The lowest BCUT2D eigenvalue weighted by atomic mass is 10.2. The molecule has 118 valence electrons. The second-order valence-electron chi connectivity index (χ2n) is 4.86. The lowest BCUT2D eigenvalue weighted by molar-refractivity contribution is 0.731. The lowest BCUT2D eigenvalue weighted by Crippen LogP contribution is -2.00. The zero-order valence-electron chi connectivity index (χ0n) is 12.6. The van der Waals surface area contributed by atoms with Gasteiger partial charge in [0.15, 0.2) is 11.0 Å². The molecule has 0 fully saturated rings. The highest BCUT2D eigenvalue weighted by Gasteiger charge is 2.14. The first kappa shape index (κ1) is 16.2. The Morgan fingerprint density at radius 3 is 2.74 bits per heavy atom. The number of nitrogens with zero attached hydrogens (tertiary/aromatic N) is 4. The van der Waals surface area contributed by atoms with Gasteiger partial charge in [-0.05, 0) is 31.2 Å². The summed E-state index contributed by atoms with van der Waals surface area (Å²) in [7, 11) is 0. The molecule has 0 aliphatic rings. The minimum Gasteiger partial charge on any atom is -0.298 e. The minimum absolute atomic E-state index is 0.656. The number of hydrogen-bond acceptors (Lipinski definition) is 5. The Bertz CT molecular complexity index is 808. The molecule has 3 rings (SSSR count). The van der Waals surface area contributed by atoms with Crippen LogP contribution < -0.4 is 0 Å². The van der Waals surface area contributed by atoms with E-state index in [-0.39, 0.29) is 0 Å². The van der Waals surface area contributed by atoms with Gasteiger partial charge >= 0.3 is 0 Å². The highest BCUT2D eigenvalue weighted by atomic mass is 35.5. The number of thioether (sulfide) groups is 1. The van der Waals surface area contributed by atoms with E-state index in [0.29, 0.717) is 11.6 Å². The molecule has 0 atom stereocenters. The molecule has 0 spiro atoms. The molecule has 2 aromatic heterocycles. The van der Waals surface area contributed by atoms with Gasteiger partial charge in [-0.2, -0.15) is 0 Å². The predicted molar refractivity (Wildman–Crippen MR) is 97.1 cm³/mol. The smallest absolute Gasteiger partial charge is 0.192 e. The number of benzene rings is 1. The van der Waals surface area contributed by atoms with Crippen LogP contribution in [0.25, 0.3) is 11.4 Å². The first-order valence-corrected chi connectivity index (χ1v) is 9.25. The number of thiazole rings is 1. The molecule has 4 nitrogen and oxygen atoms in total. The quantitative estimate of drug-likeness (QED) is 0.464. The zero-order chi connectivity index (χ0) is 16.2. The summed E-state index contributed by atoms with van der Waals surface area (Å²) in [5.41, 5.74) is 2.05. The number of hydrogen-bond donors (Lipinski definition) is 0. The Morgan fingerprint density at radius 1 is 1.30 bits per heavy atom. The summed E-state index contributed by atoms with van der Waals surface area (Å²) in [5, 5.41) is 13.4. The van der Waals surface area contributed by atoms with E-state index in [0.717, 1.165) is 33.0 Å². The molecule has 7 heteroatoms. The predicted octanol–water partition coefficient (Wildman–Crippen LogP) is 4.84. The molecule has 0 bridgehead atoms. The number of aryl methyl sites for hydroxylation is 1. The molecule has 23 heavy (non-hydrogen) atoms. The molecule has 0 radical (unpaired) electrons. The van der Waals surface area contributed by atoms with E-state index in [2.05, 4.69) is 31.7 Å². The average Bonchev–Trinajstić information content (AvgIpc) is 3.13. The molecule has 1 aromatic carbocycles. The van der Waals surface area contributed by atoms with Crippen molar-refractivity contribution < 1.29 is 0 Å². The number of allylic oxidation sites excluding steroid dienone is 1. The van der Waals surface area contributed by atoms with Gasteiger partial charge in [0.1, 0.15) is 0 Å². The maximum absolute atomic E-state index is 5.96. The fraction of sp³-hybridized carbons (Fsp3) is 0.188. The van der Waals surface area contributed by atoms with Crippen LogP contribution in [0.1, 0.15) is 10.7 Å². The van der Waals surface area contributed by atoms with Crippen LogP contribution >= 0.6 is 34.7 Å². The minimum atomic E-state index is 0.656. The van der Waals surface area contributed by atoms with E-state index in [1.165, 1.54) is 0 Å². The fourth-order valence-corrected chi connectivity index (χ4v) is 3.80. The standard InChI is InChI=1S/C16H15ClN4S2/c1-3-8-21-15(12-4-6-13(17)7-5-12)19-20-16(21)23-10-14-9-22-11(2)18-14/h3-7,9H,1,8,10H2,2H3. The third kappa shape index (κ3) is 3.83. The molecule has 0 aliphatic heterocycles. The van der Waals surface area contributed by atoms with Gasteiger partial charge in [-0.1, -0.05) is 29.4 Å². The van der Waals surface area contributed by atoms with Crippen LogP contribution in [0.4, 0.5) is 0 Å². The van der Waals surface area contributed by atoms with E-state index in [1.807, 2.05) is 37.3 Å². The van der Waals surface area contributed by atoms with Gasteiger partial charge in [0.2, 0.25) is 0 Å². The number of aromatic nitrogens is 4. The van der Waals surface area contributed by atoms with Crippen molar-refractivity contribution in [3.05, 3.63) is 58.0 Å². The summed E-state index contributed by atoms with van der Waals surface area (Å²) >= 11 is 9.25. The molecule has 0 aliphatic carbocycles. The molecule has 0 saturated carbocycles. The van der Waals surface area contributed by atoms with E-state index in [4.69, 9.17) is 11.6 Å². The largest absolute Gasteiger partial charge is 0.298 e. The molecule has 3 aromatic rings. The van der Waals surface area contributed by atoms with Crippen LogP contribution in [0, 0.1) is 6.92 Å². The SMILES string of the molecule is C=CCn1c(SCc2csc(C)n2)nnc1-c1ccc(Cl)cc1. The van der Waals surface area contributed by atoms with Crippen molar-refractivity contribution in [3.8, 4) is 11.4 Å². The maximum Gasteiger partial charge on any atom is 0.192 e. The Hall–Kier alpha value is -1.63. The first-order valence-electron chi connectivity index (χ1n) is 7.01. The second-order valence-corrected chi connectivity index (χ2v) is 7.30. The summed E-state index contributed by atoms with van der Waals surface area (Å²) in [4.78, 5) is 4.48. The molecule has 0 amide bonds. The van der Waals surface area contributed by atoms with Crippen molar-refractivity contribution in [2.45, 2.75) is 24.4 Å². The van der Waals surface area contributed by atoms with E-state index < -0.39 is 0 Å². The van der Waals surface area contributed by atoms with Crippen molar-refractivity contribution >= 4 is 34.7 Å². The number of halogens is 1. The van der Waals surface area contributed by atoms with Gasteiger partial charge in [0.25, 0.3) is 0 Å². The normalized spacial score (nSPS) is 10.9. The van der Waals surface area contributed by atoms with Gasteiger partial charge in [-0.15, -0.1) is 28.1 Å². The Labute approximate surface area is 148 Å². The van der Waals surface area contributed by atoms with E-state index >= 15 is 0 Å². The Kier molecular flexibility index (Phi) is 5.15. The van der Waals surface area contributed by atoms with Crippen molar-refractivity contribution in [1.29, 1.82) is 0 Å². The molecule has 0 unspecified atom stereocenters. The lowest BCUT2D eigenvalue weighted by Gasteiger charge is -2.07. The number of rotatable bonds is 6. The second kappa shape index (κ2) is 7.29. The van der Waals surface area contributed by atoms with Crippen molar-refractivity contribution in [1.82, 2.24) is 19.7 Å². The van der Waals surface area contributed by atoms with Crippen molar-refractivity contribution in [2.24, 2.45) is 0 Å². The first-order chi connectivity index (χ1) is 11.2. The van der Waals surface area contributed by atoms with Gasteiger partial charge in [0.05, 0.1) is 10.7 Å². The molecular weight excluding hydrogens is 348 g/mol. The van der Waals surface area contributed by atoms with E-state index in [9.17, 15) is 0 Å². The summed E-state index contributed by atoms with van der Waals surface area (Å²) in [6.07, 6.45) is 1.85. The topological polar surface area (TPSA) is 43.6 Å². The van der Waals surface area contributed by atoms with Gasteiger partial charge in [0, 0.05) is 28.3 Å². The van der Waals surface area contributed by atoms with Gasteiger partial charge in [-0.3, -0.25) is 4.57 Å². The third-order valence-corrected chi connectivity index (χ3v) is 5.22. The highest BCUT2D eigenvalue weighted by Crippen LogP contribution is 2.27. The van der Waals surface area contributed by atoms with Crippen LogP contribution in [-0.2, 0) is 12.3 Å². The van der Waals surface area contributed by atoms with Crippen LogP contribution in [0.15, 0.2) is 47.5 Å². The third-order valence-electron chi connectivity index (χ3n) is 3.15. The monoisotopic (exact) mass is 362 g/mol. The maximum atomic E-state index is 5.96. The Balaban J connectivity index is 1.85. The molecular formula is C16H15ClN4S2. The van der Waals surface area contributed by atoms with Crippen LogP contribution in [0.2, 0.25) is 5.02 Å². The molecule has 2 heterocycles. The average molecular weight is 363 g/mol. The summed E-state index contributed by atoms with van der Waals surface area (Å²) in [5.74, 6) is 1.60. The summed E-state index contributed by atoms with van der Waals surface area (Å²) in [6, 6.07) is 7.61. The fourth-order valence-electron chi connectivity index (χ4n) is 2.11. The zero-order valence-corrected chi connectivity index (χ0v) is 15.0. The van der Waals surface area contributed by atoms with Crippen LogP contribution in [-0.4, -0.2) is 19.7 Å². The summed E-state index contributed by atoms with van der Waals surface area (Å²) in [6.45, 7) is 6.50. The van der Waals surface area contributed by atoms with Crippen LogP contribution in [0.3, 0.4) is 0 Å². The molecule has 0 N–H and O–H groups in total. The van der Waals surface area contributed by atoms with Gasteiger partial charge in [-0.25, -0.2) is 4.98 Å². The Morgan fingerprint density at radius 2 is 2.09 bits per heavy atom. The molecule has 0 saturated heterocycles. The summed E-state index contributed by atoms with van der Waals surface area (Å²) < 4.78 is 2.06. The van der Waals surface area contributed by atoms with Crippen LogP contribution in [0.5, 0.6) is 0 Å². The highest BCUT2D eigenvalue weighted by molar-refractivity contribution is 7.98.